The Morgan fingerprint density at radius 3 is 1.06 bits per heavy atom. The first-order valence-corrected chi connectivity index (χ1v) is 42.5. The molecule has 0 N–H and O–H groups in total. The minimum Gasteiger partial charge on any atom is -0.0795 e. The van der Waals surface area contributed by atoms with E-state index in [0.29, 0.717) is 0 Å². The zero-order valence-corrected chi connectivity index (χ0v) is 64.4. The number of rotatable bonds is 0. The highest BCUT2D eigenvalue weighted by atomic mass is 14.3. The highest BCUT2D eigenvalue weighted by molar-refractivity contribution is 6.02. The molecule has 0 spiro atoms. The molecule has 30 rings (SSSR count). The van der Waals surface area contributed by atoms with Gasteiger partial charge in [0.2, 0.25) is 0 Å². The molecule has 0 unspecified atom stereocenters. The van der Waals surface area contributed by atoms with Crippen LogP contribution < -0.4 is 125 Å². The summed E-state index contributed by atoms with van der Waals surface area (Å²) in [4.78, 5) is 0. The zero-order chi connectivity index (χ0) is 74.4. The monoisotopic (exact) mass is 1450 g/mol. The Labute approximate surface area is 659 Å². The first-order valence-electron chi connectivity index (χ1n) is 42.5. The molecule has 0 radical (unpaired) electrons. The van der Waals surface area contributed by atoms with Crippen LogP contribution in [0.25, 0.3) is 247 Å². The van der Waals surface area contributed by atoms with Gasteiger partial charge >= 0.3 is 0 Å². The van der Waals surface area contributed by atoms with Gasteiger partial charge in [-0.15, -0.1) is 0 Å². The third-order valence-corrected chi connectivity index (χ3v) is 28.0. The summed E-state index contributed by atoms with van der Waals surface area (Å²) in [6, 6.07) is 28.3. The van der Waals surface area contributed by atoms with Crippen molar-refractivity contribution in [2.45, 2.75) is 116 Å². The number of benzene rings is 12. The molecular weight excluding hydrogens is 1370 g/mol. The maximum atomic E-state index is 2.43. The molecule has 0 aliphatic heterocycles. The number of hydrogen-bond donors (Lipinski definition) is 0. The molecular formula is C114H84. The number of hydrogen-bond acceptors (Lipinski definition) is 0. The van der Waals surface area contributed by atoms with Crippen molar-refractivity contribution in [1.82, 2.24) is 0 Å². The maximum Gasteiger partial charge on any atom is -0.00269 e. The smallest absolute Gasteiger partial charge is 0.00269 e. The highest BCUT2D eigenvalue weighted by Crippen LogP contribution is 2.38. The van der Waals surface area contributed by atoms with E-state index in [0.717, 1.165) is 116 Å². The topological polar surface area (TPSA) is 0 Å². The first kappa shape index (κ1) is 65.1. The summed E-state index contributed by atoms with van der Waals surface area (Å²) in [5, 5.41) is 52.5. The van der Waals surface area contributed by atoms with E-state index in [1.165, 1.54) is 251 Å². The van der Waals surface area contributed by atoms with Gasteiger partial charge in [0.05, 0.1) is 0 Å². The lowest BCUT2D eigenvalue weighted by Crippen LogP contribution is -2.48. The van der Waals surface area contributed by atoms with Gasteiger partial charge in [-0.1, -0.05) is 255 Å². The molecule has 18 aliphatic rings. The van der Waals surface area contributed by atoms with Crippen molar-refractivity contribution >= 4 is 247 Å². The lowest BCUT2D eigenvalue weighted by Gasteiger charge is -2.13. The molecule has 114 heavy (non-hydrogen) atoms. The van der Waals surface area contributed by atoms with Crippen molar-refractivity contribution in [2.75, 3.05) is 0 Å². The summed E-state index contributed by atoms with van der Waals surface area (Å²) in [5.41, 5.74) is 17.9. The maximum absolute atomic E-state index is 2.43. The first-order chi connectivity index (χ1) is 56.5. The summed E-state index contributed by atoms with van der Waals surface area (Å²) >= 11 is 0. The van der Waals surface area contributed by atoms with Crippen LogP contribution in [-0.4, -0.2) is 0 Å². The van der Waals surface area contributed by atoms with Gasteiger partial charge in [0.1, 0.15) is 0 Å². The van der Waals surface area contributed by atoms with Crippen LogP contribution in [0.4, 0.5) is 0 Å². The normalized spacial score (nSPS) is 17.3. The Kier molecular flexibility index (Phi) is 14.6. The van der Waals surface area contributed by atoms with Gasteiger partial charge in [-0.2, -0.15) is 0 Å². The molecule has 0 fully saturated rings. The molecule has 0 atom stereocenters. The van der Waals surface area contributed by atoms with E-state index >= 15 is 0 Å². The average Bonchev–Trinajstić information content (AvgIpc) is 1.62. The minimum atomic E-state index is 1.08. The second-order valence-electron chi connectivity index (χ2n) is 33.7. The quantitative estimate of drug-likeness (QED) is 0.145. The Bertz CT molecular complexity index is 8600. The Balaban J connectivity index is 0.0000000771. The van der Waals surface area contributed by atoms with Gasteiger partial charge in [-0.3, -0.25) is 0 Å². The minimum absolute atomic E-state index is 1.08. The van der Waals surface area contributed by atoms with Gasteiger partial charge in [0, 0.05) is 0 Å². The van der Waals surface area contributed by atoms with E-state index in [1.54, 1.807) is 5.56 Å². The van der Waals surface area contributed by atoms with Crippen molar-refractivity contribution < 1.29 is 0 Å². The molecule has 12 aromatic carbocycles. The molecule has 0 heteroatoms. The SMILES string of the molecule is C1=Cc2c(c3c(c4c5c(ccc24)=CCC=5)CC=C3)C1.C1=Cc2c(c3cc4c(cc3c3c2=CCC=3)=CCC=4)C1.C1=Cc2c(ccc3c4c(c5c(c23)=CCC=5)=CCC=4)C1.C1=Cc2cc3c4c(c5c(c3cc2C1)CC=C5)=CCC=4.C1=c2cc3c4c(c5c(c3cc2=CC1)=CCC=5)=CCC=4.C1=c2ccc3c4c(c5c(c3c2=CC1)=CCC=5)=CCC=4. The largest absolute Gasteiger partial charge is 0.0795 e. The third kappa shape index (κ3) is 9.76. The lowest BCUT2D eigenvalue weighted by atomic mass is 9.90. The van der Waals surface area contributed by atoms with Crippen molar-refractivity contribution in [3.8, 4) is 0 Å². The lowest BCUT2D eigenvalue weighted by molar-refractivity contribution is 1.26. The number of allylic oxidation sites excluding steroid dienone is 6. The van der Waals surface area contributed by atoms with Crippen LogP contribution in [-0.2, 0) is 38.5 Å². The van der Waals surface area contributed by atoms with E-state index in [1.807, 2.05) is 0 Å². The second-order valence-corrected chi connectivity index (χ2v) is 33.7. The summed E-state index contributed by atoms with van der Waals surface area (Å²) in [6.45, 7) is 0. The van der Waals surface area contributed by atoms with Gasteiger partial charge < -0.3 is 0 Å². The summed E-state index contributed by atoms with van der Waals surface area (Å²) in [6.07, 6.45) is 104. The van der Waals surface area contributed by atoms with Crippen molar-refractivity contribution in [1.29, 1.82) is 0 Å². The molecule has 0 amide bonds. The molecule has 0 heterocycles. The second kappa shape index (κ2) is 25.5. The molecule has 18 aliphatic carbocycles. The van der Waals surface area contributed by atoms with E-state index in [2.05, 4.69) is 292 Å². The molecule has 0 saturated carbocycles. The van der Waals surface area contributed by atoms with Crippen molar-refractivity contribution in [2.24, 2.45) is 0 Å². The van der Waals surface area contributed by atoms with Gasteiger partial charge in [-0.25, -0.2) is 0 Å². The standard InChI is InChI=1S/6C19H14/c3*1-4-12-10-18-16-8-2-6-14(16)15-7-3-9-17(15)19(18)11-13(12)5-1;3*1-4-12-10-11-18-16-7-2-6-14(16)15-8-3-9-17(15)19(18)13(12)5-1/h4-11H,1-3H2;2,4-7,9-11H,1,3,8H2;1-2,5-7,9-11H,3-4,8H2;4-11H,1-3H2;2-5,7-8,10-11H,1,6,9H2;1,5-11H,2-4H2. The fourth-order valence-corrected chi connectivity index (χ4v) is 23.1. The van der Waals surface area contributed by atoms with Gasteiger partial charge in [-0.05, 0) is 409 Å². The summed E-state index contributed by atoms with van der Waals surface area (Å²) < 4.78 is 0. The predicted octanol–water partition coefficient (Wildman–Crippen LogP) is 8.03. The van der Waals surface area contributed by atoms with Crippen LogP contribution in [0.15, 0.2) is 109 Å². The fraction of sp³-hybridized carbons (Fsp3) is 0.158. The van der Waals surface area contributed by atoms with Gasteiger partial charge in [0.25, 0.3) is 0 Å². The van der Waals surface area contributed by atoms with E-state index in [4.69, 9.17) is 0 Å². The Hall–Kier alpha value is -12.5. The van der Waals surface area contributed by atoms with Crippen LogP contribution >= 0.6 is 0 Å². The van der Waals surface area contributed by atoms with Gasteiger partial charge in [0.15, 0.2) is 0 Å². The fourth-order valence-electron chi connectivity index (χ4n) is 23.1. The summed E-state index contributed by atoms with van der Waals surface area (Å²) in [7, 11) is 0. The molecule has 0 bridgehead atoms. The van der Waals surface area contributed by atoms with Crippen LogP contribution in [0.2, 0.25) is 0 Å². The molecule has 0 saturated heterocycles. The van der Waals surface area contributed by atoms with Crippen LogP contribution in [0.1, 0.15) is 144 Å². The molecule has 0 nitrogen and oxygen atoms in total. The van der Waals surface area contributed by atoms with E-state index < -0.39 is 0 Å². The Morgan fingerprint density at radius 1 is 0.158 bits per heavy atom. The molecule has 540 valence electrons. The van der Waals surface area contributed by atoms with E-state index in [9.17, 15) is 0 Å². The molecule has 0 aromatic heterocycles. The number of fused-ring (bicyclic) bond motifs is 45. The predicted molar refractivity (Wildman–Crippen MR) is 494 cm³/mol. The highest BCUT2D eigenvalue weighted by Gasteiger charge is 2.24. The van der Waals surface area contributed by atoms with Crippen LogP contribution in [0, 0.1) is 0 Å². The van der Waals surface area contributed by atoms with E-state index in [-0.39, 0.29) is 0 Å². The van der Waals surface area contributed by atoms with Crippen LogP contribution in [0.5, 0.6) is 0 Å². The van der Waals surface area contributed by atoms with Crippen LogP contribution in [0.3, 0.4) is 0 Å². The zero-order valence-electron chi connectivity index (χ0n) is 64.4. The Morgan fingerprint density at radius 2 is 0.491 bits per heavy atom. The molecule has 12 aromatic rings. The van der Waals surface area contributed by atoms with Crippen molar-refractivity contribution in [3.05, 3.63) is 301 Å². The van der Waals surface area contributed by atoms with Crippen molar-refractivity contribution in [3.63, 3.8) is 0 Å². The average molecular weight is 1450 g/mol. The third-order valence-electron chi connectivity index (χ3n) is 28.0. The summed E-state index contributed by atoms with van der Waals surface area (Å²) in [5.74, 6) is 0.